The molecular weight excluding hydrogens is 655 g/mol. The Labute approximate surface area is 262 Å². The van der Waals surface area contributed by atoms with Crippen molar-refractivity contribution in [2.75, 3.05) is 19.0 Å². The summed E-state index contributed by atoms with van der Waals surface area (Å²) in [7, 11) is 1.57. The number of ether oxygens (including phenoxy) is 2. The normalized spacial score (nSPS) is 11.4. The first kappa shape index (κ1) is 29.1. The third-order valence-electron chi connectivity index (χ3n) is 6.55. The maximum atomic E-state index is 13.9. The highest BCUT2D eigenvalue weighted by atomic mass is 79.9. The van der Waals surface area contributed by atoms with Gasteiger partial charge in [0.15, 0.2) is 18.1 Å². The van der Waals surface area contributed by atoms with Crippen molar-refractivity contribution >= 4 is 67.2 Å². The Bertz CT molecular complexity index is 2120. The molecule has 44 heavy (non-hydrogen) atoms. The van der Waals surface area contributed by atoms with Gasteiger partial charge in [-0.3, -0.25) is 9.59 Å². The monoisotopic (exact) mass is 674 g/mol. The SMILES string of the molecule is COc1cccc2oc(-c3nc4ccccc4c(=O)n3N=Cc3cc(Cl)c(OCC(=O)Nc4ccccc4F)c(Br)c3)cc12. The van der Waals surface area contributed by atoms with Gasteiger partial charge in [0.2, 0.25) is 5.82 Å². The maximum Gasteiger partial charge on any atom is 0.282 e. The molecule has 0 radical (unpaired) electrons. The van der Waals surface area contributed by atoms with Crippen LogP contribution in [0.2, 0.25) is 5.02 Å². The van der Waals surface area contributed by atoms with E-state index in [1.165, 1.54) is 24.4 Å². The molecule has 0 unspecified atom stereocenters. The van der Waals surface area contributed by atoms with E-state index in [9.17, 15) is 14.0 Å². The molecule has 0 aliphatic rings. The number of fused-ring (bicyclic) bond motifs is 2. The molecule has 1 amide bonds. The maximum absolute atomic E-state index is 13.9. The Balaban J connectivity index is 1.31. The molecule has 6 rings (SSSR count). The highest BCUT2D eigenvalue weighted by Crippen LogP contribution is 2.35. The van der Waals surface area contributed by atoms with Crippen LogP contribution in [0.15, 0.2) is 104 Å². The highest BCUT2D eigenvalue weighted by Gasteiger charge is 2.18. The Hall–Kier alpha value is -5.00. The van der Waals surface area contributed by atoms with Gasteiger partial charge in [-0.25, -0.2) is 9.37 Å². The minimum absolute atomic E-state index is 0.0393. The average molecular weight is 676 g/mol. The fourth-order valence-electron chi connectivity index (χ4n) is 4.52. The van der Waals surface area contributed by atoms with Crippen molar-refractivity contribution in [2.24, 2.45) is 5.10 Å². The van der Waals surface area contributed by atoms with Gasteiger partial charge >= 0.3 is 0 Å². The number of nitrogens with zero attached hydrogens (tertiary/aromatic N) is 3. The summed E-state index contributed by atoms with van der Waals surface area (Å²) in [5, 5.41) is 8.18. The summed E-state index contributed by atoms with van der Waals surface area (Å²) in [4.78, 5) is 30.6. The van der Waals surface area contributed by atoms with E-state index in [0.29, 0.717) is 38.0 Å². The van der Waals surface area contributed by atoms with Crippen LogP contribution in [-0.2, 0) is 4.79 Å². The molecule has 9 nitrogen and oxygen atoms in total. The third-order valence-corrected chi connectivity index (χ3v) is 7.42. The van der Waals surface area contributed by atoms with Gasteiger partial charge in [0, 0.05) is 0 Å². The number of carbonyl (C=O) groups excluding carboxylic acids is 1. The van der Waals surface area contributed by atoms with Crippen LogP contribution in [0.4, 0.5) is 10.1 Å². The lowest BCUT2D eigenvalue weighted by Gasteiger charge is -2.12. The Morgan fingerprint density at radius 2 is 1.89 bits per heavy atom. The Kier molecular flexibility index (Phi) is 8.14. The van der Waals surface area contributed by atoms with E-state index in [1.807, 2.05) is 6.07 Å². The number of hydrogen-bond donors (Lipinski definition) is 1. The van der Waals surface area contributed by atoms with Gasteiger partial charge < -0.3 is 19.2 Å². The van der Waals surface area contributed by atoms with Crippen LogP contribution < -0.4 is 20.3 Å². The van der Waals surface area contributed by atoms with Gasteiger partial charge in [-0.05, 0) is 76.1 Å². The second kappa shape index (κ2) is 12.3. The molecule has 0 fully saturated rings. The molecule has 1 N–H and O–H groups in total. The lowest BCUT2D eigenvalue weighted by molar-refractivity contribution is -0.118. The third kappa shape index (κ3) is 5.79. The molecular formula is C32H21BrClFN4O5. The van der Waals surface area contributed by atoms with Crippen LogP contribution in [0.1, 0.15) is 5.56 Å². The fourth-order valence-corrected chi connectivity index (χ4v) is 5.50. The zero-order valence-corrected chi connectivity index (χ0v) is 25.2. The molecule has 2 heterocycles. The minimum Gasteiger partial charge on any atom is -0.496 e. The fraction of sp³-hybridized carbons (Fsp3) is 0.0625. The second-order valence-corrected chi connectivity index (χ2v) is 10.7. The average Bonchev–Trinajstić information content (AvgIpc) is 3.46. The molecule has 12 heteroatoms. The minimum atomic E-state index is -0.567. The van der Waals surface area contributed by atoms with Gasteiger partial charge in [-0.2, -0.15) is 9.78 Å². The lowest BCUT2D eigenvalue weighted by atomic mass is 10.2. The van der Waals surface area contributed by atoms with Gasteiger partial charge in [0.05, 0.1) is 44.8 Å². The number of para-hydroxylation sites is 2. The van der Waals surface area contributed by atoms with Crippen LogP contribution in [-0.4, -0.2) is 35.5 Å². The lowest BCUT2D eigenvalue weighted by Crippen LogP contribution is -2.21. The van der Waals surface area contributed by atoms with E-state index in [1.54, 1.807) is 67.8 Å². The van der Waals surface area contributed by atoms with Crippen molar-refractivity contribution in [1.29, 1.82) is 0 Å². The van der Waals surface area contributed by atoms with E-state index in [4.69, 9.17) is 30.5 Å². The van der Waals surface area contributed by atoms with Crippen molar-refractivity contribution in [2.45, 2.75) is 0 Å². The molecule has 0 saturated heterocycles. The van der Waals surface area contributed by atoms with E-state index in [2.05, 4.69) is 26.3 Å². The smallest absolute Gasteiger partial charge is 0.282 e. The number of aromatic nitrogens is 2. The topological polar surface area (TPSA) is 108 Å². The van der Waals surface area contributed by atoms with E-state index in [-0.39, 0.29) is 22.3 Å². The molecule has 0 atom stereocenters. The van der Waals surface area contributed by atoms with Gasteiger partial charge in [-0.15, -0.1) is 0 Å². The highest BCUT2D eigenvalue weighted by molar-refractivity contribution is 9.10. The van der Waals surface area contributed by atoms with Crippen LogP contribution in [0.25, 0.3) is 33.5 Å². The molecule has 220 valence electrons. The van der Waals surface area contributed by atoms with Gasteiger partial charge in [0.1, 0.15) is 17.1 Å². The van der Waals surface area contributed by atoms with Crippen molar-refractivity contribution in [3.63, 3.8) is 0 Å². The van der Waals surface area contributed by atoms with Crippen molar-refractivity contribution in [1.82, 2.24) is 9.66 Å². The number of anilines is 1. The van der Waals surface area contributed by atoms with Crippen LogP contribution >= 0.6 is 27.5 Å². The number of rotatable bonds is 8. The Morgan fingerprint density at radius 1 is 1.09 bits per heavy atom. The largest absolute Gasteiger partial charge is 0.496 e. The molecule has 2 aromatic heterocycles. The number of amides is 1. The van der Waals surface area contributed by atoms with Gasteiger partial charge in [0.25, 0.3) is 11.5 Å². The van der Waals surface area contributed by atoms with Crippen LogP contribution in [0, 0.1) is 5.82 Å². The molecule has 0 bridgehead atoms. The van der Waals surface area contributed by atoms with Crippen molar-refractivity contribution < 1.29 is 23.1 Å². The number of carbonyl (C=O) groups is 1. The van der Waals surface area contributed by atoms with Crippen molar-refractivity contribution in [3.8, 4) is 23.1 Å². The van der Waals surface area contributed by atoms with E-state index in [0.717, 1.165) is 10.1 Å². The van der Waals surface area contributed by atoms with Gasteiger partial charge in [-0.1, -0.05) is 41.9 Å². The summed E-state index contributed by atoms with van der Waals surface area (Å²) in [6.45, 7) is -0.413. The summed E-state index contributed by atoms with van der Waals surface area (Å²) < 4.78 is 32.6. The Morgan fingerprint density at radius 3 is 2.68 bits per heavy atom. The summed E-state index contributed by atoms with van der Waals surface area (Å²) in [6, 6.07) is 23.1. The number of benzene rings is 4. The molecule has 4 aromatic carbocycles. The molecule has 0 saturated carbocycles. The molecule has 0 spiro atoms. The molecule has 0 aliphatic heterocycles. The van der Waals surface area contributed by atoms with Crippen LogP contribution in [0.3, 0.4) is 0 Å². The number of nitrogens with one attached hydrogen (secondary N) is 1. The van der Waals surface area contributed by atoms with Crippen LogP contribution in [0.5, 0.6) is 11.5 Å². The predicted molar refractivity (Wildman–Crippen MR) is 170 cm³/mol. The zero-order valence-electron chi connectivity index (χ0n) is 22.9. The number of hydrogen-bond acceptors (Lipinski definition) is 7. The van der Waals surface area contributed by atoms with E-state index >= 15 is 0 Å². The zero-order chi connectivity index (χ0) is 30.8. The first-order valence-corrected chi connectivity index (χ1v) is 14.3. The second-order valence-electron chi connectivity index (χ2n) is 9.43. The number of furan rings is 1. The molecule has 6 aromatic rings. The number of halogens is 3. The van der Waals surface area contributed by atoms with Crippen molar-refractivity contribution in [3.05, 3.63) is 116 Å². The first-order chi connectivity index (χ1) is 21.3. The summed E-state index contributed by atoms with van der Waals surface area (Å²) in [5.74, 6) is 0.196. The van der Waals surface area contributed by atoms with E-state index < -0.39 is 23.9 Å². The standard InChI is InChI=1S/C32H21BrClFN4O5/c1-42-26-11-6-12-27-20(26)15-28(44-27)31-38-24-9-4-2-7-19(24)32(41)39(31)36-16-18-13-21(33)30(22(34)14-18)43-17-29(40)37-25-10-5-3-8-23(25)35/h2-16H,17H2,1H3,(H,37,40). The quantitative estimate of drug-likeness (QED) is 0.170. The summed E-state index contributed by atoms with van der Waals surface area (Å²) >= 11 is 9.89. The summed E-state index contributed by atoms with van der Waals surface area (Å²) in [5.41, 5.74) is 1.20. The number of methoxy groups -OCH3 is 1. The summed E-state index contributed by atoms with van der Waals surface area (Å²) in [6.07, 6.45) is 1.44. The predicted octanol–water partition coefficient (Wildman–Crippen LogP) is 7.27. The first-order valence-electron chi connectivity index (χ1n) is 13.1. The molecule has 0 aliphatic carbocycles.